The molecule has 0 unspecified atom stereocenters. The molecule has 1 N–H and O–H groups in total. The van der Waals surface area contributed by atoms with Crippen molar-refractivity contribution in [2.45, 2.75) is 18.4 Å². The quantitative estimate of drug-likeness (QED) is 0.450. The zero-order valence-electron chi connectivity index (χ0n) is 14.9. The standard InChI is InChI=1S/C20H19ClN2O4/c1-26-12-9-15-13-4-3-5-14(13)19(22-20(15)18(10-12)27-2)16-8-11(23(24)25)6-7-17(16)21/h3-4,6-10,13-14,19,22H,5H2,1-2H3/t13-,14-,19+/m0/s1. The molecule has 1 aliphatic heterocycles. The molecule has 2 aromatic carbocycles. The second-order valence-electron chi connectivity index (χ2n) is 6.73. The highest BCUT2D eigenvalue weighted by molar-refractivity contribution is 6.31. The molecule has 0 spiro atoms. The average Bonchev–Trinajstić information content (AvgIpc) is 3.17. The molecule has 0 bridgehead atoms. The van der Waals surface area contributed by atoms with Gasteiger partial charge in [0.05, 0.1) is 30.9 Å². The van der Waals surface area contributed by atoms with Gasteiger partial charge in [-0.15, -0.1) is 0 Å². The lowest BCUT2D eigenvalue weighted by atomic mass is 9.76. The van der Waals surface area contributed by atoms with Crippen molar-refractivity contribution in [3.63, 3.8) is 0 Å². The molecular formula is C20H19ClN2O4. The number of benzene rings is 2. The topological polar surface area (TPSA) is 73.6 Å². The number of nitrogens with zero attached hydrogens (tertiary/aromatic N) is 1. The molecule has 0 radical (unpaired) electrons. The van der Waals surface area contributed by atoms with E-state index in [9.17, 15) is 10.1 Å². The fraction of sp³-hybridized carbons (Fsp3) is 0.300. The number of fused-ring (bicyclic) bond motifs is 3. The zero-order valence-corrected chi connectivity index (χ0v) is 15.7. The Morgan fingerprint density at radius 1 is 1.19 bits per heavy atom. The first-order valence-corrected chi connectivity index (χ1v) is 9.04. The van der Waals surface area contributed by atoms with Crippen molar-refractivity contribution in [1.29, 1.82) is 0 Å². The molecular weight excluding hydrogens is 368 g/mol. The fourth-order valence-corrected chi connectivity index (χ4v) is 4.35. The van der Waals surface area contributed by atoms with E-state index in [1.165, 1.54) is 6.07 Å². The van der Waals surface area contributed by atoms with Gasteiger partial charge in [-0.2, -0.15) is 0 Å². The number of methoxy groups -OCH3 is 2. The van der Waals surface area contributed by atoms with Gasteiger partial charge in [0.25, 0.3) is 5.69 Å². The third-order valence-corrected chi connectivity index (χ3v) is 5.73. The first-order chi connectivity index (χ1) is 13.0. The van der Waals surface area contributed by atoms with Gasteiger partial charge < -0.3 is 14.8 Å². The number of nitro benzene ring substituents is 1. The Hall–Kier alpha value is -2.73. The predicted molar refractivity (Wildman–Crippen MR) is 104 cm³/mol. The molecule has 1 heterocycles. The van der Waals surface area contributed by atoms with Gasteiger partial charge in [-0.05, 0) is 30.0 Å². The van der Waals surface area contributed by atoms with Crippen LogP contribution in [0.1, 0.15) is 29.5 Å². The second-order valence-corrected chi connectivity index (χ2v) is 7.14. The summed E-state index contributed by atoms with van der Waals surface area (Å²) in [5.74, 6) is 1.77. The number of non-ortho nitro benzene ring substituents is 1. The molecule has 2 aromatic rings. The van der Waals surface area contributed by atoms with Crippen LogP contribution in [0.4, 0.5) is 11.4 Å². The Morgan fingerprint density at radius 3 is 2.70 bits per heavy atom. The van der Waals surface area contributed by atoms with E-state index in [1.807, 2.05) is 12.1 Å². The Morgan fingerprint density at radius 2 is 2.00 bits per heavy atom. The van der Waals surface area contributed by atoms with Crippen LogP contribution in [0, 0.1) is 16.0 Å². The Bertz CT molecular complexity index is 944. The van der Waals surface area contributed by atoms with Crippen LogP contribution in [0.5, 0.6) is 11.5 Å². The molecule has 2 aliphatic rings. The molecule has 6 nitrogen and oxygen atoms in total. The smallest absolute Gasteiger partial charge is 0.269 e. The molecule has 0 aromatic heterocycles. The molecule has 3 atom stereocenters. The number of hydrogen-bond acceptors (Lipinski definition) is 5. The minimum absolute atomic E-state index is 0.0335. The summed E-state index contributed by atoms with van der Waals surface area (Å²) in [4.78, 5) is 10.8. The summed E-state index contributed by atoms with van der Waals surface area (Å²) >= 11 is 6.44. The number of halogens is 1. The monoisotopic (exact) mass is 386 g/mol. The molecule has 27 heavy (non-hydrogen) atoms. The number of hydrogen-bond donors (Lipinski definition) is 1. The second kappa shape index (κ2) is 6.78. The summed E-state index contributed by atoms with van der Waals surface area (Å²) in [7, 11) is 3.24. The van der Waals surface area contributed by atoms with Crippen LogP contribution >= 0.6 is 11.6 Å². The van der Waals surface area contributed by atoms with E-state index in [-0.39, 0.29) is 23.6 Å². The van der Waals surface area contributed by atoms with Gasteiger partial charge in [0.2, 0.25) is 0 Å². The lowest BCUT2D eigenvalue weighted by molar-refractivity contribution is -0.384. The third kappa shape index (κ3) is 2.90. The molecule has 7 heteroatoms. The Kier molecular flexibility index (Phi) is 4.44. The minimum atomic E-state index is -0.396. The summed E-state index contributed by atoms with van der Waals surface area (Å²) in [5.41, 5.74) is 2.74. The number of nitrogens with one attached hydrogen (secondary N) is 1. The van der Waals surface area contributed by atoms with Crippen molar-refractivity contribution in [2.75, 3.05) is 19.5 Å². The van der Waals surface area contributed by atoms with Gasteiger partial charge in [-0.3, -0.25) is 10.1 Å². The lowest BCUT2D eigenvalue weighted by Gasteiger charge is -2.38. The van der Waals surface area contributed by atoms with Crippen molar-refractivity contribution in [3.05, 3.63) is 68.7 Å². The minimum Gasteiger partial charge on any atom is -0.497 e. The van der Waals surface area contributed by atoms with Gasteiger partial charge in [0.15, 0.2) is 0 Å². The first kappa shape index (κ1) is 17.7. The van der Waals surface area contributed by atoms with Gasteiger partial charge in [-0.25, -0.2) is 0 Å². The normalized spacial score (nSPS) is 22.6. The van der Waals surface area contributed by atoms with Crippen LogP contribution in [-0.4, -0.2) is 19.1 Å². The van der Waals surface area contributed by atoms with Gasteiger partial charge in [-0.1, -0.05) is 23.8 Å². The largest absolute Gasteiger partial charge is 0.497 e. The molecule has 0 amide bonds. The van der Waals surface area contributed by atoms with Gasteiger partial charge in [0.1, 0.15) is 11.5 Å². The highest BCUT2D eigenvalue weighted by Gasteiger charge is 2.40. The van der Waals surface area contributed by atoms with E-state index in [4.69, 9.17) is 21.1 Å². The van der Waals surface area contributed by atoms with Gasteiger partial charge >= 0.3 is 0 Å². The molecule has 140 valence electrons. The number of anilines is 1. The SMILES string of the molecule is COc1cc(OC)c2c(c1)[C@H]1C=CC[C@@H]1[C@H](c1cc([N+](=O)[O-])ccc1Cl)N2. The van der Waals surface area contributed by atoms with Crippen LogP contribution in [0.2, 0.25) is 5.02 Å². The average molecular weight is 387 g/mol. The van der Waals surface area contributed by atoms with Crippen molar-refractivity contribution < 1.29 is 14.4 Å². The highest BCUT2D eigenvalue weighted by atomic mass is 35.5. The van der Waals surface area contributed by atoms with Crippen molar-refractivity contribution in [2.24, 2.45) is 5.92 Å². The van der Waals surface area contributed by atoms with E-state index in [2.05, 4.69) is 17.5 Å². The summed E-state index contributed by atoms with van der Waals surface area (Å²) in [6, 6.07) is 8.27. The number of rotatable bonds is 4. The zero-order chi connectivity index (χ0) is 19.1. The predicted octanol–water partition coefficient (Wildman–Crippen LogP) is 5.09. The van der Waals surface area contributed by atoms with Crippen LogP contribution in [0.25, 0.3) is 0 Å². The molecule has 4 rings (SSSR count). The van der Waals surface area contributed by atoms with E-state index in [1.54, 1.807) is 26.4 Å². The number of allylic oxidation sites excluding steroid dienone is 2. The van der Waals surface area contributed by atoms with E-state index in [0.717, 1.165) is 29.0 Å². The van der Waals surface area contributed by atoms with Crippen molar-refractivity contribution in [3.8, 4) is 11.5 Å². The maximum Gasteiger partial charge on any atom is 0.269 e. The van der Waals surface area contributed by atoms with Crippen LogP contribution in [0.3, 0.4) is 0 Å². The number of nitro groups is 1. The fourth-order valence-electron chi connectivity index (χ4n) is 4.11. The maximum atomic E-state index is 11.2. The van der Waals surface area contributed by atoms with Crippen molar-refractivity contribution >= 4 is 23.0 Å². The van der Waals surface area contributed by atoms with Gasteiger partial charge in [0, 0.05) is 34.7 Å². The highest BCUT2D eigenvalue weighted by Crippen LogP contribution is 2.54. The molecule has 0 saturated carbocycles. The Labute approximate surface area is 161 Å². The molecule has 0 fully saturated rings. The third-order valence-electron chi connectivity index (χ3n) is 5.39. The van der Waals surface area contributed by atoms with Crippen LogP contribution < -0.4 is 14.8 Å². The number of ether oxygens (including phenoxy) is 2. The lowest BCUT2D eigenvalue weighted by Crippen LogP contribution is -2.29. The van der Waals surface area contributed by atoms with Crippen LogP contribution in [-0.2, 0) is 0 Å². The van der Waals surface area contributed by atoms with E-state index < -0.39 is 4.92 Å². The van der Waals surface area contributed by atoms with E-state index >= 15 is 0 Å². The summed E-state index contributed by atoms with van der Waals surface area (Å²) in [5, 5.41) is 15.3. The Balaban J connectivity index is 1.85. The molecule has 0 saturated heterocycles. The van der Waals surface area contributed by atoms with E-state index in [0.29, 0.717) is 10.8 Å². The maximum absolute atomic E-state index is 11.2. The summed E-state index contributed by atoms with van der Waals surface area (Å²) < 4.78 is 11.0. The van der Waals surface area contributed by atoms with Crippen molar-refractivity contribution in [1.82, 2.24) is 0 Å². The first-order valence-electron chi connectivity index (χ1n) is 8.66. The summed E-state index contributed by atoms with van der Waals surface area (Å²) in [6.45, 7) is 0. The van der Waals surface area contributed by atoms with Crippen LogP contribution in [0.15, 0.2) is 42.5 Å². The summed E-state index contributed by atoms with van der Waals surface area (Å²) in [6.07, 6.45) is 5.19. The molecule has 1 aliphatic carbocycles.